The number of nitrogens with one attached hydrogen (secondary N) is 1. The van der Waals surface area contributed by atoms with E-state index in [0.717, 1.165) is 11.8 Å². The number of ether oxygens (including phenoxy) is 2. The minimum absolute atomic E-state index is 0.0524. The van der Waals surface area contributed by atoms with Gasteiger partial charge in [0, 0.05) is 6.42 Å². The third-order valence-electron chi connectivity index (χ3n) is 3.40. The molecule has 7 nitrogen and oxygen atoms in total. The molecule has 0 atom stereocenters. The van der Waals surface area contributed by atoms with Crippen LogP contribution in [0.2, 0.25) is 0 Å². The number of carboxylic acids is 1. The summed E-state index contributed by atoms with van der Waals surface area (Å²) in [6, 6.07) is 10.9. The molecule has 0 radical (unpaired) electrons. The van der Waals surface area contributed by atoms with Crippen LogP contribution < -0.4 is 14.8 Å². The molecule has 1 amide bonds. The number of carbonyl (C=O) groups excluding carboxylic acids is 1. The normalized spacial score (nSPS) is 10.1. The van der Waals surface area contributed by atoms with Gasteiger partial charge in [-0.05, 0) is 48.9 Å². The Balaban J connectivity index is 1.76. The van der Waals surface area contributed by atoms with Crippen molar-refractivity contribution in [3.8, 4) is 17.2 Å². The summed E-state index contributed by atoms with van der Waals surface area (Å²) in [6.45, 7) is 0.365. The number of methoxy groups -OCH3 is 1. The third-order valence-corrected chi connectivity index (χ3v) is 3.40. The van der Waals surface area contributed by atoms with Crippen molar-refractivity contribution in [3.05, 3.63) is 48.0 Å². The van der Waals surface area contributed by atoms with Crippen LogP contribution in [0.3, 0.4) is 0 Å². The molecule has 0 aliphatic heterocycles. The summed E-state index contributed by atoms with van der Waals surface area (Å²) in [5.74, 6) is -0.313. The maximum Gasteiger partial charge on any atom is 0.335 e. The van der Waals surface area contributed by atoms with Crippen molar-refractivity contribution in [2.75, 3.05) is 19.0 Å². The van der Waals surface area contributed by atoms with Crippen LogP contribution in [-0.2, 0) is 4.79 Å². The van der Waals surface area contributed by atoms with Crippen LogP contribution in [0, 0.1) is 0 Å². The number of phenols is 1. The van der Waals surface area contributed by atoms with Gasteiger partial charge in [-0.15, -0.1) is 0 Å². The van der Waals surface area contributed by atoms with Gasteiger partial charge in [-0.25, -0.2) is 4.79 Å². The van der Waals surface area contributed by atoms with Crippen LogP contribution >= 0.6 is 0 Å². The summed E-state index contributed by atoms with van der Waals surface area (Å²) in [4.78, 5) is 22.7. The third kappa shape index (κ3) is 5.42. The molecule has 132 valence electrons. The summed E-state index contributed by atoms with van der Waals surface area (Å²) in [5.41, 5.74) is 0.120. The van der Waals surface area contributed by atoms with Crippen LogP contribution in [0.4, 0.5) is 5.69 Å². The van der Waals surface area contributed by atoms with Gasteiger partial charge in [-0.3, -0.25) is 4.79 Å². The van der Waals surface area contributed by atoms with Crippen molar-refractivity contribution in [2.24, 2.45) is 0 Å². The molecule has 3 N–H and O–H groups in total. The van der Waals surface area contributed by atoms with Crippen molar-refractivity contribution in [3.63, 3.8) is 0 Å². The molecule has 0 unspecified atom stereocenters. The first-order valence-electron chi connectivity index (χ1n) is 7.62. The molecule has 2 aromatic rings. The number of phenolic OH excluding ortho intramolecular Hbond substituents is 1. The predicted molar refractivity (Wildman–Crippen MR) is 91.4 cm³/mol. The maximum absolute atomic E-state index is 11.9. The van der Waals surface area contributed by atoms with Gasteiger partial charge in [0.25, 0.3) is 0 Å². The summed E-state index contributed by atoms with van der Waals surface area (Å²) in [5, 5.41) is 21.1. The van der Waals surface area contributed by atoms with E-state index in [2.05, 4.69) is 5.32 Å². The van der Waals surface area contributed by atoms with Crippen LogP contribution in [0.15, 0.2) is 42.5 Å². The first-order valence-corrected chi connectivity index (χ1v) is 7.62. The molecule has 2 aromatic carbocycles. The maximum atomic E-state index is 11.9. The smallest absolute Gasteiger partial charge is 0.335 e. The second-order valence-corrected chi connectivity index (χ2v) is 5.21. The van der Waals surface area contributed by atoms with E-state index in [0.29, 0.717) is 18.8 Å². The topological polar surface area (TPSA) is 105 Å². The molecule has 0 aliphatic carbocycles. The fourth-order valence-electron chi connectivity index (χ4n) is 2.08. The van der Waals surface area contributed by atoms with Gasteiger partial charge in [0.1, 0.15) is 17.2 Å². The average Bonchev–Trinajstić information content (AvgIpc) is 2.61. The molecule has 0 aromatic heterocycles. The second-order valence-electron chi connectivity index (χ2n) is 5.21. The highest BCUT2D eigenvalue weighted by Crippen LogP contribution is 2.24. The van der Waals surface area contributed by atoms with Crippen LogP contribution in [0.25, 0.3) is 0 Å². The molecule has 0 heterocycles. The molecule has 0 bridgehead atoms. The molecule has 0 saturated heterocycles. The average molecular weight is 345 g/mol. The van der Waals surface area contributed by atoms with Crippen molar-refractivity contribution in [1.29, 1.82) is 0 Å². The largest absolute Gasteiger partial charge is 0.506 e. The Kier molecular flexibility index (Phi) is 6.22. The molecular weight excluding hydrogens is 326 g/mol. The number of aromatic carboxylic acids is 1. The number of carbonyl (C=O) groups is 2. The van der Waals surface area contributed by atoms with E-state index < -0.39 is 5.97 Å². The van der Waals surface area contributed by atoms with Crippen molar-refractivity contribution in [1.82, 2.24) is 0 Å². The molecule has 7 heteroatoms. The van der Waals surface area contributed by atoms with Crippen molar-refractivity contribution in [2.45, 2.75) is 12.8 Å². The Morgan fingerprint density at radius 3 is 2.36 bits per heavy atom. The lowest BCUT2D eigenvalue weighted by molar-refractivity contribution is -0.116. The molecule has 2 rings (SSSR count). The summed E-state index contributed by atoms with van der Waals surface area (Å²) in [7, 11) is 1.58. The summed E-state index contributed by atoms with van der Waals surface area (Å²) < 4.78 is 10.6. The van der Waals surface area contributed by atoms with Crippen LogP contribution in [0.5, 0.6) is 17.2 Å². The summed E-state index contributed by atoms with van der Waals surface area (Å²) >= 11 is 0. The minimum Gasteiger partial charge on any atom is -0.506 e. The fraction of sp³-hybridized carbons (Fsp3) is 0.222. The zero-order valence-electron chi connectivity index (χ0n) is 13.7. The van der Waals surface area contributed by atoms with Gasteiger partial charge in [0.15, 0.2) is 0 Å². The molecule has 0 saturated carbocycles. The quantitative estimate of drug-likeness (QED) is 0.502. The number of amides is 1. The van der Waals surface area contributed by atoms with Gasteiger partial charge in [0.2, 0.25) is 5.91 Å². The Hall–Kier alpha value is -3.22. The lowest BCUT2D eigenvalue weighted by atomic mass is 10.2. The van der Waals surface area contributed by atoms with Gasteiger partial charge in [-0.2, -0.15) is 0 Å². The van der Waals surface area contributed by atoms with Gasteiger partial charge in [0.05, 0.1) is 25.0 Å². The zero-order chi connectivity index (χ0) is 18.2. The molecule has 0 fully saturated rings. The second kappa shape index (κ2) is 8.58. The van der Waals surface area contributed by atoms with E-state index in [1.54, 1.807) is 31.4 Å². The molecular formula is C18H19NO6. The van der Waals surface area contributed by atoms with Crippen LogP contribution in [-0.4, -0.2) is 35.8 Å². The van der Waals surface area contributed by atoms with Crippen molar-refractivity contribution < 1.29 is 29.3 Å². The lowest BCUT2D eigenvalue weighted by Crippen LogP contribution is -2.13. The van der Waals surface area contributed by atoms with Gasteiger partial charge >= 0.3 is 5.97 Å². The highest BCUT2D eigenvalue weighted by Gasteiger charge is 2.10. The summed E-state index contributed by atoms with van der Waals surface area (Å²) in [6.07, 6.45) is 0.697. The Morgan fingerprint density at radius 1 is 1.08 bits per heavy atom. The van der Waals surface area contributed by atoms with E-state index in [4.69, 9.17) is 14.6 Å². The predicted octanol–water partition coefficient (Wildman–Crippen LogP) is 2.90. The molecule has 25 heavy (non-hydrogen) atoms. The standard InChI is InChI=1S/C18H19NO6/c1-24-13-5-7-14(8-6-13)25-10-2-3-17(21)19-15-9-4-12(18(22)23)11-16(15)20/h4-9,11,20H,2-3,10H2,1H3,(H,19,21)(H,22,23). The molecule has 0 aliphatic rings. The number of benzene rings is 2. The SMILES string of the molecule is COc1ccc(OCCCC(=O)Nc2ccc(C(=O)O)cc2O)cc1. The van der Waals surface area contributed by atoms with Crippen LogP contribution in [0.1, 0.15) is 23.2 Å². The minimum atomic E-state index is -1.15. The van der Waals surface area contributed by atoms with Crippen molar-refractivity contribution >= 4 is 17.6 Å². The Labute approximate surface area is 144 Å². The van der Waals surface area contributed by atoms with E-state index in [1.807, 2.05) is 0 Å². The van der Waals surface area contributed by atoms with Gasteiger partial charge < -0.3 is 25.0 Å². The Bertz CT molecular complexity index is 742. The molecule has 0 spiro atoms. The highest BCUT2D eigenvalue weighted by molar-refractivity contribution is 5.94. The monoisotopic (exact) mass is 345 g/mol. The number of anilines is 1. The highest BCUT2D eigenvalue weighted by atomic mass is 16.5. The first-order chi connectivity index (χ1) is 12.0. The lowest BCUT2D eigenvalue weighted by Gasteiger charge is -2.09. The first kappa shape index (κ1) is 18.1. The number of aromatic hydroxyl groups is 1. The number of hydrogen-bond donors (Lipinski definition) is 3. The fourth-order valence-corrected chi connectivity index (χ4v) is 2.08. The van der Waals surface area contributed by atoms with E-state index in [-0.39, 0.29) is 29.3 Å². The van der Waals surface area contributed by atoms with Gasteiger partial charge in [-0.1, -0.05) is 0 Å². The van der Waals surface area contributed by atoms with E-state index in [9.17, 15) is 14.7 Å². The number of rotatable bonds is 8. The number of carboxylic acid groups (broad SMARTS) is 1. The van der Waals surface area contributed by atoms with E-state index in [1.165, 1.54) is 12.1 Å². The zero-order valence-corrected chi connectivity index (χ0v) is 13.7. The Morgan fingerprint density at radius 2 is 1.76 bits per heavy atom. The van der Waals surface area contributed by atoms with E-state index >= 15 is 0 Å². The number of hydrogen-bond acceptors (Lipinski definition) is 5.